The molecule has 27 heavy (non-hydrogen) atoms. The second kappa shape index (κ2) is 8.99. The first kappa shape index (κ1) is 19.4. The zero-order valence-corrected chi connectivity index (χ0v) is 15.5. The fourth-order valence-corrected chi connectivity index (χ4v) is 3.68. The monoisotopic (exact) mass is 373 g/mol. The second-order valence-corrected chi connectivity index (χ2v) is 7.27. The SMILES string of the molecule is O=C(CN1CCCCCC1=O)N[C@@H]1CCN(C(=O)c2ccccc2)C[C@H]1O. The third-order valence-electron chi connectivity index (χ3n) is 5.24. The van der Waals surface area contributed by atoms with Crippen molar-refractivity contribution in [1.29, 1.82) is 0 Å². The number of amides is 3. The van der Waals surface area contributed by atoms with E-state index in [0.29, 0.717) is 31.5 Å². The molecule has 2 aliphatic rings. The van der Waals surface area contributed by atoms with Gasteiger partial charge in [-0.15, -0.1) is 0 Å². The number of benzene rings is 1. The maximum atomic E-state index is 12.5. The first-order valence-electron chi connectivity index (χ1n) is 9.64. The lowest BCUT2D eigenvalue weighted by molar-refractivity contribution is -0.136. The molecule has 2 N–H and O–H groups in total. The van der Waals surface area contributed by atoms with Crippen molar-refractivity contribution in [3.8, 4) is 0 Å². The minimum atomic E-state index is -0.824. The summed E-state index contributed by atoms with van der Waals surface area (Å²) in [6, 6.07) is 8.56. The third kappa shape index (κ3) is 5.07. The first-order valence-corrected chi connectivity index (χ1v) is 9.64. The number of carbonyl (C=O) groups excluding carboxylic acids is 3. The summed E-state index contributed by atoms with van der Waals surface area (Å²) in [7, 11) is 0. The number of nitrogens with zero attached hydrogens (tertiary/aromatic N) is 2. The van der Waals surface area contributed by atoms with E-state index in [4.69, 9.17) is 0 Å². The highest BCUT2D eigenvalue weighted by atomic mass is 16.3. The Balaban J connectivity index is 1.50. The zero-order chi connectivity index (χ0) is 19.2. The number of hydrogen-bond acceptors (Lipinski definition) is 4. The number of hydrogen-bond donors (Lipinski definition) is 2. The van der Waals surface area contributed by atoms with Crippen molar-refractivity contribution < 1.29 is 19.5 Å². The minimum absolute atomic E-state index is 0.0199. The molecular weight excluding hydrogens is 346 g/mol. The topological polar surface area (TPSA) is 90.0 Å². The van der Waals surface area contributed by atoms with Crippen molar-refractivity contribution in [2.45, 2.75) is 44.2 Å². The van der Waals surface area contributed by atoms with Gasteiger partial charge in [-0.25, -0.2) is 0 Å². The van der Waals surface area contributed by atoms with E-state index in [0.717, 1.165) is 19.3 Å². The molecule has 2 heterocycles. The lowest BCUT2D eigenvalue weighted by atomic mass is 10.0. The lowest BCUT2D eigenvalue weighted by Crippen LogP contribution is -2.56. The number of carbonyl (C=O) groups is 3. The van der Waals surface area contributed by atoms with Crippen molar-refractivity contribution in [2.24, 2.45) is 0 Å². The molecular formula is C20H27N3O4. The van der Waals surface area contributed by atoms with Crippen LogP contribution >= 0.6 is 0 Å². The van der Waals surface area contributed by atoms with Gasteiger partial charge in [-0.1, -0.05) is 24.6 Å². The fraction of sp³-hybridized carbons (Fsp3) is 0.550. The van der Waals surface area contributed by atoms with Crippen LogP contribution < -0.4 is 5.32 Å². The van der Waals surface area contributed by atoms with Gasteiger partial charge >= 0.3 is 0 Å². The predicted molar refractivity (Wildman–Crippen MR) is 99.9 cm³/mol. The number of β-amino-alcohol motifs (C(OH)–C–C–N with tert-alkyl or cyclic N) is 1. The molecule has 0 aliphatic carbocycles. The van der Waals surface area contributed by atoms with E-state index in [2.05, 4.69) is 5.32 Å². The molecule has 7 heteroatoms. The Morgan fingerprint density at radius 2 is 1.89 bits per heavy atom. The molecule has 0 radical (unpaired) electrons. The molecule has 1 aromatic carbocycles. The molecule has 2 fully saturated rings. The van der Waals surface area contributed by atoms with Gasteiger partial charge in [-0.3, -0.25) is 14.4 Å². The van der Waals surface area contributed by atoms with Gasteiger partial charge in [-0.05, 0) is 31.4 Å². The molecule has 7 nitrogen and oxygen atoms in total. The highest BCUT2D eigenvalue weighted by Gasteiger charge is 2.32. The van der Waals surface area contributed by atoms with E-state index in [-0.39, 0.29) is 30.8 Å². The Hall–Kier alpha value is -2.41. The highest BCUT2D eigenvalue weighted by Crippen LogP contribution is 2.15. The Morgan fingerprint density at radius 3 is 2.63 bits per heavy atom. The summed E-state index contributed by atoms with van der Waals surface area (Å²) in [6.07, 6.45) is 2.96. The van der Waals surface area contributed by atoms with Crippen molar-refractivity contribution in [3.05, 3.63) is 35.9 Å². The van der Waals surface area contributed by atoms with Crippen LogP contribution in [0.2, 0.25) is 0 Å². The van der Waals surface area contributed by atoms with E-state index in [1.807, 2.05) is 6.07 Å². The van der Waals surface area contributed by atoms with E-state index < -0.39 is 12.1 Å². The molecule has 3 rings (SSSR count). The normalized spacial score (nSPS) is 23.7. The molecule has 1 aromatic rings. The van der Waals surface area contributed by atoms with Crippen LogP contribution in [0.5, 0.6) is 0 Å². The van der Waals surface area contributed by atoms with E-state index in [1.165, 1.54) is 0 Å². The number of likely N-dealkylation sites (tertiary alicyclic amines) is 2. The summed E-state index contributed by atoms with van der Waals surface area (Å²) in [5.74, 6) is -0.349. The summed E-state index contributed by atoms with van der Waals surface area (Å²) in [5.41, 5.74) is 0.590. The summed E-state index contributed by atoms with van der Waals surface area (Å²) >= 11 is 0. The molecule has 0 aromatic heterocycles. The van der Waals surface area contributed by atoms with Crippen LogP contribution in [0.25, 0.3) is 0 Å². The Morgan fingerprint density at radius 1 is 1.11 bits per heavy atom. The van der Waals surface area contributed by atoms with Crippen LogP contribution in [-0.2, 0) is 9.59 Å². The fourth-order valence-electron chi connectivity index (χ4n) is 3.68. The lowest BCUT2D eigenvalue weighted by Gasteiger charge is -2.36. The zero-order valence-electron chi connectivity index (χ0n) is 15.5. The van der Waals surface area contributed by atoms with Crippen LogP contribution in [0, 0.1) is 0 Å². The van der Waals surface area contributed by atoms with Crippen LogP contribution in [0.4, 0.5) is 0 Å². The Labute approximate surface area is 159 Å². The van der Waals surface area contributed by atoms with Gasteiger partial charge in [-0.2, -0.15) is 0 Å². The number of aliphatic hydroxyl groups excluding tert-OH is 1. The van der Waals surface area contributed by atoms with Gasteiger partial charge in [0.1, 0.15) is 0 Å². The Bertz CT molecular complexity index is 679. The number of piperidine rings is 1. The summed E-state index contributed by atoms with van der Waals surface area (Å²) in [6.45, 7) is 1.30. The van der Waals surface area contributed by atoms with Gasteiger partial charge in [0.15, 0.2) is 0 Å². The van der Waals surface area contributed by atoms with Gasteiger partial charge in [0.25, 0.3) is 5.91 Å². The van der Waals surface area contributed by atoms with Crippen LogP contribution in [0.1, 0.15) is 42.5 Å². The van der Waals surface area contributed by atoms with E-state index in [9.17, 15) is 19.5 Å². The van der Waals surface area contributed by atoms with E-state index >= 15 is 0 Å². The summed E-state index contributed by atoms with van der Waals surface area (Å²) in [4.78, 5) is 40.0. The predicted octanol–water partition coefficient (Wildman–Crippen LogP) is 0.781. The first-order chi connectivity index (χ1) is 13.0. The standard InChI is InChI=1S/C20H27N3O4/c24-17-13-23(20(27)15-7-3-1-4-8-15)12-10-16(17)21-18(25)14-22-11-6-2-5-9-19(22)26/h1,3-4,7-8,16-17,24H,2,5-6,9-14H2,(H,21,25)/t16-,17-/m1/s1. The minimum Gasteiger partial charge on any atom is -0.389 e. The molecule has 0 unspecified atom stereocenters. The molecule has 3 amide bonds. The number of nitrogens with one attached hydrogen (secondary N) is 1. The highest BCUT2D eigenvalue weighted by molar-refractivity contribution is 5.94. The maximum Gasteiger partial charge on any atom is 0.253 e. The van der Waals surface area contributed by atoms with Crippen LogP contribution in [0.3, 0.4) is 0 Å². The van der Waals surface area contributed by atoms with Crippen molar-refractivity contribution in [1.82, 2.24) is 15.1 Å². The third-order valence-corrected chi connectivity index (χ3v) is 5.24. The smallest absolute Gasteiger partial charge is 0.253 e. The molecule has 0 saturated carbocycles. The number of rotatable bonds is 4. The van der Waals surface area contributed by atoms with Gasteiger partial charge in [0, 0.05) is 31.6 Å². The quantitative estimate of drug-likeness (QED) is 0.816. The van der Waals surface area contributed by atoms with Gasteiger partial charge in [0.05, 0.1) is 18.7 Å². The molecule has 0 bridgehead atoms. The molecule has 146 valence electrons. The summed E-state index contributed by atoms with van der Waals surface area (Å²) < 4.78 is 0. The van der Waals surface area contributed by atoms with E-state index in [1.54, 1.807) is 34.1 Å². The van der Waals surface area contributed by atoms with Crippen LogP contribution in [0.15, 0.2) is 30.3 Å². The Kier molecular flexibility index (Phi) is 6.45. The van der Waals surface area contributed by atoms with Crippen molar-refractivity contribution in [3.63, 3.8) is 0 Å². The number of aliphatic hydroxyl groups is 1. The second-order valence-electron chi connectivity index (χ2n) is 7.27. The molecule has 2 aliphatic heterocycles. The molecule has 2 saturated heterocycles. The average Bonchev–Trinajstić information content (AvgIpc) is 2.88. The molecule has 0 spiro atoms. The van der Waals surface area contributed by atoms with Crippen molar-refractivity contribution in [2.75, 3.05) is 26.2 Å². The average molecular weight is 373 g/mol. The molecule has 2 atom stereocenters. The van der Waals surface area contributed by atoms with Gasteiger partial charge in [0.2, 0.25) is 11.8 Å². The maximum absolute atomic E-state index is 12.5. The largest absolute Gasteiger partial charge is 0.389 e. The van der Waals surface area contributed by atoms with Crippen LogP contribution in [-0.4, -0.2) is 71.0 Å². The summed E-state index contributed by atoms with van der Waals surface area (Å²) in [5, 5.41) is 13.2. The van der Waals surface area contributed by atoms with Gasteiger partial charge < -0.3 is 20.2 Å². The van der Waals surface area contributed by atoms with Crippen molar-refractivity contribution >= 4 is 17.7 Å².